The number of allylic oxidation sites excluding steroid dienone is 1. The molecule has 1 aromatic carbocycles. The van der Waals surface area contributed by atoms with Crippen molar-refractivity contribution in [3.63, 3.8) is 0 Å². The minimum atomic E-state index is -0.955. The Balaban J connectivity index is 2.96. The molecular weight excluding hydrogens is 228 g/mol. The quantitative estimate of drug-likeness (QED) is 0.620. The molecule has 1 unspecified atom stereocenters. The number of aliphatic hydroxyl groups is 1. The molecule has 3 nitrogen and oxygen atoms in total. The van der Waals surface area contributed by atoms with Crippen LogP contribution in [0.25, 0.3) is 6.08 Å². The van der Waals surface area contributed by atoms with E-state index in [0.29, 0.717) is 12.0 Å². The summed E-state index contributed by atoms with van der Waals surface area (Å²) in [6.45, 7) is 3.20. The lowest BCUT2D eigenvalue weighted by molar-refractivity contribution is -0.132. The van der Waals surface area contributed by atoms with Gasteiger partial charge in [0.25, 0.3) is 0 Å². The van der Waals surface area contributed by atoms with Gasteiger partial charge in [-0.25, -0.2) is 4.79 Å². The first-order valence-corrected chi connectivity index (χ1v) is 5.85. The molecule has 0 radical (unpaired) electrons. The van der Waals surface area contributed by atoms with E-state index in [4.69, 9.17) is 5.11 Å². The van der Waals surface area contributed by atoms with E-state index in [2.05, 4.69) is 0 Å². The van der Waals surface area contributed by atoms with Crippen molar-refractivity contribution >= 4 is 12.0 Å². The van der Waals surface area contributed by atoms with Gasteiger partial charge in [-0.05, 0) is 31.4 Å². The Labute approximate surface area is 107 Å². The Bertz CT molecular complexity index is 456. The Morgan fingerprint density at radius 1 is 1.33 bits per heavy atom. The minimum Gasteiger partial charge on any atom is -0.478 e. The van der Waals surface area contributed by atoms with Crippen LogP contribution in [-0.2, 0) is 4.79 Å². The van der Waals surface area contributed by atoms with E-state index in [1.807, 2.05) is 36.4 Å². The van der Waals surface area contributed by atoms with Crippen LogP contribution >= 0.6 is 0 Å². The molecule has 96 valence electrons. The highest BCUT2D eigenvalue weighted by Gasteiger charge is 2.09. The van der Waals surface area contributed by atoms with Gasteiger partial charge in [-0.15, -0.1) is 0 Å². The highest BCUT2D eigenvalue weighted by atomic mass is 16.4. The first kappa shape index (κ1) is 14.2. The lowest BCUT2D eigenvalue weighted by Crippen LogP contribution is -2.06. The zero-order valence-corrected chi connectivity index (χ0v) is 10.6. The maximum atomic E-state index is 11.0. The van der Waals surface area contributed by atoms with Crippen molar-refractivity contribution in [2.45, 2.75) is 26.4 Å². The monoisotopic (exact) mass is 246 g/mol. The largest absolute Gasteiger partial charge is 0.478 e. The van der Waals surface area contributed by atoms with Crippen molar-refractivity contribution in [2.75, 3.05) is 0 Å². The van der Waals surface area contributed by atoms with Gasteiger partial charge in [0.15, 0.2) is 0 Å². The van der Waals surface area contributed by atoms with Crippen molar-refractivity contribution in [3.05, 3.63) is 53.1 Å². The van der Waals surface area contributed by atoms with Crippen LogP contribution in [0.3, 0.4) is 0 Å². The summed E-state index contributed by atoms with van der Waals surface area (Å²) in [7, 11) is 0. The van der Waals surface area contributed by atoms with E-state index in [1.54, 1.807) is 19.9 Å². The molecule has 0 saturated heterocycles. The third kappa shape index (κ3) is 4.55. The summed E-state index contributed by atoms with van der Waals surface area (Å²) >= 11 is 0. The van der Waals surface area contributed by atoms with Crippen LogP contribution in [-0.4, -0.2) is 22.3 Å². The SMILES string of the molecule is CC(C(=O)O)=C(C=Cc1ccccc1)CC(C)O. The van der Waals surface area contributed by atoms with Crippen LogP contribution in [0.1, 0.15) is 25.8 Å². The normalized spacial score (nSPS) is 14.4. The molecule has 0 amide bonds. The molecule has 0 saturated carbocycles. The predicted molar refractivity (Wildman–Crippen MR) is 72.1 cm³/mol. The topological polar surface area (TPSA) is 57.5 Å². The fourth-order valence-corrected chi connectivity index (χ4v) is 1.56. The standard InChI is InChI=1S/C15H18O3/c1-11(16)10-14(12(2)15(17)18)9-8-13-6-4-3-5-7-13/h3-9,11,16H,10H2,1-2H3,(H,17,18). The minimum absolute atomic E-state index is 0.267. The molecule has 0 heterocycles. The fourth-order valence-electron chi connectivity index (χ4n) is 1.56. The number of rotatable bonds is 5. The number of carbonyl (C=O) groups is 1. The first-order valence-electron chi connectivity index (χ1n) is 5.85. The molecule has 0 aliphatic rings. The van der Waals surface area contributed by atoms with E-state index in [1.165, 1.54) is 0 Å². The van der Waals surface area contributed by atoms with Crippen molar-refractivity contribution < 1.29 is 15.0 Å². The third-order valence-electron chi connectivity index (χ3n) is 2.59. The molecule has 0 bridgehead atoms. The van der Waals surface area contributed by atoms with E-state index < -0.39 is 12.1 Å². The molecule has 0 spiro atoms. The maximum Gasteiger partial charge on any atom is 0.331 e. The smallest absolute Gasteiger partial charge is 0.331 e. The number of aliphatic hydroxyl groups excluding tert-OH is 1. The van der Waals surface area contributed by atoms with Gasteiger partial charge in [-0.1, -0.05) is 42.5 Å². The van der Waals surface area contributed by atoms with Crippen molar-refractivity contribution in [2.24, 2.45) is 0 Å². The number of hydrogen-bond acceptors (Lipinski definition) is 2. The molecule has 1 aromatic rings. The summed E-state index contributed by atoms with van der Waals surface area (Å²) < 4.78 is 0. The van der Waals surface area contributed by atoms with Crippen molar-refractivity contribution in [1.29, 1.82) is 0 Å². The van der Waals surface area contributed by atoms with Gasteiger partial charge in [0.1, 0.15) is 0 Å². The highest BCUT2D eigenvalue weighted by molar-refractivity contribution is 5.87. The fraction of sp³-hybridized carbons (Fsp3) is 0.267. The number of carboxylic acids is 1. The van der Waals surface area contributed by atoms with E-state index in [9.17, 15) is 9.90 Å². The molecule has 0 fully saturated rings. The predicted octanol–water partition coefficient (Wildman–Crippen LogP) is 2.87. The van der Waals surface area contributed by atoms with Crippen LogP contribution in [0, 0.1) is 0 Å². The molecule has 2 N–H and O–H groups in total. The number of aliphatic carboxylic acids is 1. The van der Waals surface area contributed by atoms with Gasteiger partial charge in [0, 0.05) is 5.57 Å². The van der Waals surface area contributed by atoms with Crippen LogP contribution in [0.15, 0.2) is 47.6 Å². The van der Waals surface area contributed by atoms with Gasteiger partial charge in [0.2, 0.25) is 0 Å². The number of hydrogen-bond donors (Lipinski definition) is 2. The average Bonchev–Trinajstić information content (AvgIpc) is 2.34. The number of carboxylic acid groups (broad SMARTS) is 1. The molecule has 0 aromatic heterocycles. The van der Waals surface area contributed by atoms with Gasteiger partial charge in [-0.3, -0.25) is 0 Å². The van der Waals surface area contributed by atoms with Gasteiger partial charge < -0.3 is 10.2 Å². The second kappa shape index (κ2) is 6.77. The van der Waals surface area contributed by atoms with Gasteiger partial charge in [-0.2, -0.15) is 0 Å². The van der Waals surface area contributed by atoms with Gasteiger partial charge >= 0.3 is 5.97 Å². The number of benzene rings is 1. The van der Waals surface area contributed by atoms with E-state index in [-0.39, 0.29) is 5.57 Å². The first-order chi connectivity index (χ1) is 8.50. The zero-order valence-electron chi connectivity index (χ0n) is 10.6. The second-order valence-electron chi connectivity index (χ2n) is 4.25. The second-order valence-corrected chi connectivity index (χ2v) is 4.25. The molecule has 0 aliphatic carbocycles. The van der Waals surface area contributed by atoms with Crippen LogP contribution in [0.2, 0.25) is 0 Å². The molecule has 3 heteroatoms. The highest BCUT2D eigenvalue weighted by Crippen LogP contribution is 2.15. The molecule has 1 atom stereocenters. The summed E-state index contributed by atoms with van der Waals surface area (Å²) in [5.41, 5.74) is 1.91. The van der Waals surface area contributed by atoms with Crippen LogP contribution in [0.5, 0.6) is 0 Å². The third-order valence-corrected chi connectivity index (χ3v) is 2.59. The molecule has 0 aliphatic heterocycles. The summed E-state index contributed by atoms with van der Waals surface area (Å²) in [5.74, 6) is -0.955. The lowest BCUT2D eigenvalue weighted by Gasteiger charge is -2.08. The van der Waals surface area contributed by atoms with Crippen molar-refractivity contribution in [3.8, 4) is 0 Å². The summed E-state index contributed by atoms with van der Waals surface area (Å²) in [5, 5.41) is 18.4. The molecular formula is C15H18O3. The van der Waals surface area contributed by atoms with Crippen LogP contribution < -0.4 is 0 Å². The van der Waals surface area contributed by atoms with E-state index in [0.717, 1.165) is 5.56 Å². The Morgan fingerprint density at radius 2 is 1.94 bits per heavy atom. The maximum absolute atomic E-state index is 11.0. The zero-order chi connectivity index (χ0) is 13.5. The van der Waals surface area contributed by atoms with Crippen molar-refractivity contribution in [1.82, 2.24) is 0 Å². The Morgan fingerprint density at radius 3 is 2.44 bits per heavy atom. The van der Waals surface area contributed by atoms with Gasteiger partial charge in [0.05, 0.1) is 6.10 Å². The summed E-state index contributed by atoms with van der Waals surface area (Å²) in [6.07, 6.45) is 3.38. The Hall–Kier alpha value is -1.87. The average molecular weight is 246 g/mol. The lowest BCUT2D eigenvalue weighted by atomic mass is 10.0. The summed E-state index contributed by atoms with van der Waals surface area (Å²) in [6, 6.07) is 9.63. The Kier molecular flexibility index (Phi) is 5.33. The summed E-state index contributed by atoms with van der Waals surface area (Å²) in [4.78, 5) is 11.0. The van der Waals surface area contributed by atoms with E-state index >= 15 is 0 Å². The molecule has 1 rings (SSSR count). The molecule has 18 heavy (non-hydrogen) atoms. The van der Waals surface area contributed by atoms with Crippen LogP contribution in [0.4, 0.5) is 0 Å².